The van der Waals surface area contributed by atoms with Crippen LogP contribution in [0.5, 0.6) is 17.2 Å². The number of hydrogen-bond acceptors (Lipinski definition) is 6. The predicted octanol–water partition coefficient (Wildman–Crippen LogP) is 1.73. The first-order chi connectivity index (χ1) is 13.8. The van der Waals surface area contributed by atoms with Gasteiger partial charge in [-0.3, -0.25) is 9.10 Å². The lowest BCUT2D eigenvalue weighted by molar-refractivity contribution is -0.127. The molecule has 1 aliphatic heterocycles. The minimum absolute atomic E-state index is 0.0888. The van der Waals surface area contributed by atoms with Crippen LogP contribution >= 0.6 is 0 Å². The SMILES string of the molecule is COc1ccccc1OCCNC(=O)C1CN(S(C)(=O)=O)c2cc(C)ccc2O1. The molecular weight excluding hydrogens is 396 g/mol. The molecule has 0 aromatic heterocycles. The number of para-hydroxylation sites is 2. The Morgan fingerprint density at radius 2 is 1.97 bits per heavy atom. The number of nitrogens with zero attached hydrogens (tertiary/aromatic N) is 1. The zero-order valence-electron chi connectivity index (χ0n) is 16.5. The highest BCUT2D eigenvalue weighted by Crippen LogP contribution is 2.35. The molecule has 0 spiro atoms. The van der Waals surface area contributed by atoms with Crippen molar-refractivity contribution in [2.24, 2.45) is 0 Å². The fraction of sp³-hybridized carbons (Fsp3) is 0.350. The zero-order chi connectivity index (χ0) is 21.0. The van der Waals surface area contributed by atoms with Crippen LogP contribution in [0, 0.1) is 6.92 Å². The van der Waals surface area contributed by atoms with Gasteiger partial charge in [-0.1, -0.05) is 18.2 Å². The van der Waals surface area contributed by atoms with Gasteiger partial charge in [-0.2, -0.15) is 0 Å². The zero-order valence-corrected chi connectivity index (χ0v) is 17.4. The number of fused-ring (bicyclic) bond motifs is 1. The number of carbonyl (C=O) groups excluding carboxylic acids is 1. The van der Waals surface area contributed by atoms with Crippen molar-refractivity contribution >= 4 is 21.6 Å². The summed E-state index contributed by atoms with van der Waals surface area (Å²) in [7, 11) is -2.00. The lowest BCUT2D eigenvalue weighted by Crippen LogP contribution is -2.51. The molecule has 0 saturated heterocycles. The second-order valence-corrected chi connectivity index (χ2v) is 8.57. The van der Waals surface area contributed by atoms with Crippen LogP contribution in [-0.2, 0) is 14.8 Å². The van der Waals surface area contributed by atoms with E-state index in [9.17, 15) is 13.2 Å². The Morgan fingerprint density at radius 3 is 2.66 bits per heavy atom. The van der Waals surface area contributed by atoms with Crippen LogP contribution in [0.15, 0.2) is 42.5 Å². The summed E-state index contributed by atoms with van der Waals surface area (Å²) in [6, 6.07) is 12.4. The molecule has 2 aromatic rings. The molecule has 1 unspecified atom stereocenters. The Bertz CT molecular complexity index is 992. The number of carbonyl (C=O) groups is 1. The third kappa shape index (κ3) is 4.92. The van der Waals surface area contributed by atoms with Crippen molar-refractivity contribution in [1.29, 1.82) is 0 Å². The van der Waals surface area contributed by atoms with Gasteiger partial charge in [0.05, 0.1) is 32.1 Å². The summed E-state index contributed by atoms with van der Waals surface area (Å²) in [6.45, 7) is 2.23. The molecule has 1 N–H and O–H groups in total. The van der Waals surface area contributed by atoms with Crippen LogP contribution in [0.4, 0.5) is 5.69 Å². The molecule has 1 amide bonds. The van der Waals surface area contributed by atoms with Gasteiger partial charge in [-0.05, 0) is 36.8 Å². The molecule has 1 heterocycles. The summed E-state index contributed by atoms with van der Waals surface area (Å²) < 4.78 is 42.2. The summed E-state index contributed by atoms with van der Waals surface area (Å²) in [5.41, 5.74) is 1.34. The van der Waals surface area contributed by atoms with Gasteiger partial charge in [0.1, 0.15) is 12.4 Å². The van der Waals surface area contributed by atoms with Crippen molar-refractivity contribution in [3.8, 4) is 17.2 Å². The van der Waals surface area contributed by atoms with Crippen molar-refractivity contribution in [2.75, 3.05) is 37.4 Å². The molecule has 0 bridgehead atoms. The normalized spacial score (nSPS) is 15.8. The first kappa shape index (κ1) is 20.8. The van der Waals surface area contributed by atoms with Gasteiger partial charge in [-0.25, -0.2) is 8.42 Å². The van der Waals surface area contributed by atoms with Crippen molar-refractivity contribution in [3.05, 3.63) is 48.0 Å². The van der Waals surface area contributed by atoms with Gasteiger partial charge >= 0.3 is 0 Å². The van der Waals surface area contributed by atoms with Crippen LogP contribution in [0.2, 0.25) is 0 Å². The van der Waals surface area contributed by atoms with Gasteiger partial charge in [0.15, 0.2) is 17.6 Å². The topological polar surface area (TPSA) is 94.2 Å². The number of benzene rings is 2. The smallest absolute Gasteiger partial charge is 0.263 e. The number of aryl methyl sites for hydroxylation is 1. The van der Waals surface area contributed by atoms with E-state index < -0.39 is 22.0 Å². The maximum Gasteiger partial charge on any atom is 0.263 e. The lowest BCUT2D eigenvalue weighted by Gasteiger charge is -2.34. The van der Waals surface area contributed by atoms with E-state index in [-0.39, 0.29) is 19.7 Å². The molecule has 2 aromatic carbocycles. The summed E-state index contributed by atoms with van der Waals surface area (Å²) in [6.07, 6.45) is 0.159. The van der Waals surface area contributed by atoms with E-state index in [1.54, 1.807) is 37.4 Å². The molecule has 9 heteroatoms. The minimum atomic E-state index is -3.56. The number of methoxy groups -OCH3 is 1. The van der Waals surface area contributed by atoms with E-state index in [1.807, 2.05) is 19.1 Å². The summed E-state index contributed by atoms with van der Waals surface area (Å²) in [4.78, 5) is 12.5. The van der Waals surface area contributed by atoms with Crippen LogP contribution in [-0.4, -0.2) is 53.5 Å². The molecule has 0 radical (unpaired) electrons. The molecule has 0 aliphatic carbocycles. The third-order valence-corrected chi connectivity index (χ3v) is 5.55. The summed E-state index contributed by atoms with van der Waals surface area (Å²) in [5, 5.41) is 2.72. The lowest BCUT2D eigenvalue weighted by atomic mass is 10.1. The Balaban J connectivity index is 1.62. The van der Waals surface area contributed by atoms with Crippen LogP contribution in [0.25, 0.3) is 0 Å². The van der Waals surface area contributed by atoms with Gasteiger partial charge in [0, 0.05) is 0 Å². The average Bonchev–Trinajstić information content (AvgIpc) is 2.69. The molecule has 29 heavy (non-hydrogen) atoms. The number of hydrogen-bond donors (Lipinski definition) is 1. The van der Waals surface area contributed by atoms with E-state index in [0.29, 0.717) is 22.9 Å². The second kappa shape index (κ2) is 8.60. The number of nitrogens with one attached hydrogen (secondary N) is 1. The Hall–Kier alpha value is -2.94. The first-order valence-corrected chi connectivity index (χ1v) is 10.9. The Labute approximate surface area is 170 Å². The number of amides is 1. The van der Waals surface area contributed by atoms with E-state index >= 15 is 0 Å². The molecule has 0 saturated carbocycles. The number of anilines is 1. The van der Waals surface area contributed by atoms with Crippen LogP contribution < -0.4 is 23.8 Å². The highest BCUT2D eigenvalue weighted by atomic mass is 32.2. The van der Waals surface area contributed by atoms with E-state index in [0.717, 1.165) is 11.8 Å². The maximum atomic E-state index is 12.5. The third-order valence-electron chi connectivity index (χ3n) is 4.40. The highest BCUT2D eigenvalue weighted by molar-refractivity contribution is 7.92. The Kier molecular flexibility index (Phi) is 6.17. The van der Waals surface area contributed by atoms with Gasteiger partial charge in [-0.15, -0.1) is 0 Å². The average molecular weight is 420 g/mol. The largest absolute Gasteiger partial charge is 0.493 e. The summed E-state index contributed by atoms with van der Waals surface area (Å²) in [5.74, 6) is 1.13. The van der Waals surface area contributed by atoms with Gasteiger partial charge in [0.2, 0.25) is 10.0 Å². The molecule has 1 aliphatic rings. The molecule has 0 fully saturated rings. The van der Waals surface area contributed by atoms with E-state index in [4.69, 9.17) is 14.2 Å². The number of sulfonamides is 1. The van der Waals surface area contributed by atoms with Crippen molar-refractivity contribution in [3.63, 3.8) is 0 Å². The molecule has 1 atom stereocenters. The van der Waals surface area contributed by atoms with Crippen molar-refractivity contribution in [2.45, 2.75) is 13.0 Å². The fourth-order valence-electron chi connectivity index (χ4n) is 3.00. The highest BCUT2D eigenvalue weighted by Gasteiger charge is 2.34. The predicted molar refractivity (Wildman–Crippen MR) is 109 cm³/mol. The number of ether oxygens (including phenoxy) is 3. The summed E-state index contributed by atoms with van der Waals surface area (Å²) >= 11 is 0. The standard InChI is InChI=1S/C20H24N2O6S/c1-14-8-9-16-15(12-14)22(29(3,24)25)13-19(28-16)20(23)21-10-11-27-18-7-5-4-6-17(18)26-2/h4-9,12,19H,10-11,13H2,1-3H3,(H,21,23). The van der Waals surface area contributed by atoms with E-state index in [2.05, 4.69) is 5.32 Å². The van der Waals surface area contributed by atoms with Crippen molar-refractivity contribution < 1.29 is 27.4 Å². The Morgan fingerprint density at radius 1 is 1.24 bits per heavy atom. The molecule has 156 valence electrons. The number of rotatable bonds is 7. The van der Waals surface area contributed by atoms with Crippen LogP contribution in [0.1, 0.15) is 5.56 Å². The fourth-order valence-corrected chi connectivity index (χ4v) is 3.91. The molecule has 8 nitrogen and oxygen atoms in total. The van der Waals surface area contributed by atoms with Crippen LogP contribution in [0.3, 0.4) is 0 Å². The van der Waals surface area contributed by atoms with E-state index in [1.165, 1.54) is 4.31 Å². The molecule has 3 rings (SSSR count). The van der Waals surface area contributed by atoms with Gasteiger partial charge < -0.3 is 19.5 Å². The molecular formula is C20H24N2O6S. The minimum Gasteiger partial charge on any atom is -0.493 e. The quantitative estimate of drug-likeness (QED) is 0.686. The first-order valence-electron chi connectivity index (χ1n) is 9.08. The van der Waals surface area contributed by atoms with Crippen molar-refractivity contribution in [1.82, 2.24) is 5.32 Å². The maximum absolute atomic E-state index is 12.5. The monoisotopic (exact) mass is 420 g/mol. The second-order valence-electron chi connectivity index (χ2n) is 6.66. The van der Waals surface area contributed by atoms with Gasteiger partial charge in [0.25, 0.3) is 5.91 Å².